The molecule has 12 heavy (non-hydrogen) atoms. The molecule has 0 spiro atoms. The third kappa shape index (κ3) is 3.78. The minimum Gasteiger partial charge on any atom is -0.301 e. The zero-order chi connectivity index (χ0) is 9.61. The molecule has 0 aromatic rings. The van der Waals surface area contributed by atoms with E-state index in [0.29, 0.717) is 5.54 Å². The largest absolute Gasteiger partial charge is 0.301 e. The van der Waals surface area contributed by atoms with Gasteiger partial charge in [0.1, 0.15) is 0 Å². The molecule has 1 nitrogen and oxygen atoms in total. The fourth-order valence-electron chi connectivity index (χ4n) is 0.991. The number of terminal acetylenes is 1. The number of hydrogen-bond acceptors (Lipinski definition) is 1. The van der Waals surface area contributed by atoms with Gasteiger partial charge in [-0.15, -0.1) is 12.3 Å². The predicted molar refractivity (Wildman–Crippen MR) is 55.1 cm³/mol. The number of unbranched alkanes of at least 4 members (excludes halogenated alkanes) is 1. The normalized spacial score (nSPS) is 11.7. The molecule has 0 aromatic heterocycles. The van der Waals surface area contributed by atoms with Gasteiger partial charge in [0.25, 0.3) is 0 Å². The van der Waals surface area contributed by atoms with Crippen molar-refractivity contribution in [2.75, 3.05) is 13.6 Å². The van der Waals surface area contributed by atoms with Gasteiger partial charge >= 0.3 is 0 Å². The fraction of sp³-hybridized carbons (Fsp3) is 0.818. The summed E-state index contributed by atoms with van der Waals surface area (Å²) in [5, 5.41) is 0. The summed E-state index contributed by atoms with van der Waals surface area (Å²) in [7, 11) is 2.17. The summed E-state index contributed by atoms with van der Waals surface area (Å²) < 4.78 is 0. The van der Waals surface area contributed by atoms with Crippen LogP contribution >= 0.6 is 0 Å². The van der Waals surface area contributed by atoms with Crippen LogP contribution in [0.4, 0.5) is 0 Å². The van der Waals surface area contributed by atoms with Gasteiger partial charge in [0.2, 0.25) is 0 Å². The lowest BCUT2D eigenvalue weighted by atomic mass is 10.00. The maximum atomic E-state index is 5.19. The topological polar surface area (TPSA) is 3.24 Å². The first-order valence-corrected chi connectivity index (χ1v) is 4.69. The Kier molecular flexibility index (Phi) is 5.01. The Balaban J connectivity index is 3.72. The van der Waals surface area contributed by atoms with Gasteiger partial charge in [0.15, 0.2) is 0 Å². The van der Waals surface area contributed by atoms with Crippen molar-refractivity contribution in [3.8, 4) is 12.3 Å². The Morgan fingerprint density at radius 2 is 2.00 bits per heavy atom. The molecule has 0 fully saturated rings. The van der Waals surface area contributed by atoms with Gasteiger partial charge in [-0.05, 0) is 40.3 Å². The van der Waals surface area contributed by atoms with E-state index in [-0.39, 0.29) is 0 Å². The van der Waals surface area contributed by atoms with Gasteiger partial charge in [-0.2, -0.15) is 0 Å². The standard InChI is InChI=1S/C11H21N/c1-6-8-9-10-12(5)11(3,4)7-2/h1H,7-10H2,2-5H3. The molecule has 0 aliphatic heterocycles. The van der Waals surface area contributed by atoms with Gasteiger partial charge in [0.05, 0.1) is 0 Å². The van der Waals surface area contributed by atoms with Crippen molar-refractivity contribution in [2.24, 2.45) is 0 Å². The molecular formula is C11H21N. The zero-order valence-corrected chi connectivity index (χ0v) is 8.85. The Morgan fingerprint density at radius 3 is 2.42 bits per heavy atom. The highest BCUT2D eigenvalue weighted by molar-refractivity contribution is 4.84. The van der Waals surface area contributed by atoms with Crippen LogP contribution in [0.3, 0.4) is 0 Å². The van der Waals surface area contributed by atoms with Crippen LogP contribution < -0.4 is 0 Å². The van der Waals surface area contributed by atoms with Crippen LogP contribution in [0.1, 0.15) is 40.0 Å². The Hall–Kier alpha value is -0.480. The maximum absolute atomic E-state index is 5.19. The minimum absolute atomic E-state index is 0.314. The monoisotopic (exact) mass is 167 g/mol. The maximum Gasteiger partial charge on any atom is 0.0147 e. The van der Waals surface area contributed by atoms with E-state index in [4.69, 9.17) is 6.42 Å². The molecule has 0 unspecified atom stereocenters. The Morgan fingerprint density at radius 1 is 1.42 bits per heavy atom. The lowest BCUT2D eigenvalue weighted by Crippen LogP contribution is -2.40. The van der Waals surface area contributed by atoms with Gasteiger partial charge in [-0.1, -0.05) is 6.92 Å². The highest BCUT2D eigenvalue weighted by Gasteiger charge is 2.19. The average Bonchev–Trinajstić information content (AvgIpc) is 2.05. The number of hydrogen-bond donors (Lipinski definition) is 0. The van der Waals surface area contributed by atoms with Gasteiger partial charge < -0.3 is 4.90 Å². The Bertz CT molecular complexity index is 153. The van der Waals surface area contributed by atoms with E-state index < -0.39 is 0 Å². The second-order valence-corrected chi connectivity index (χ2v) is 3.90. The van der Waals surface area contributed by atoms with Gasteiger partial charge in [0, 0.05) is 12.0 Å². The molecule has 0 saturated heterocycles. The first kappa shape index (κ1) is 11.5. The second kappa shape index (κ2) is 5.22. The van der Waals surface area contributed by atoms with E-state index in [1.807, 2.05) is 0 Å². The number of rotatable bonds is 5. The predicted octanol–water partition coefficient (Wildman–Crippen LogP) is 2.52. The van der Waals surface area contributed by atoms with E-state index in [2.05, 4.69) is 38.6 Å². The average molecular weight is 167 g/mol. The molecule has 0 aromatic carbocycles. The van der Waals surface area contributed by atoms with Crippen molar-refractivity contribution in [1.29, 1.82) is 0 Å². The summed E-state index contributed by atoms with van der Waals surface area (Å²) in [6.07, 6.45) is 8.37. The van der Waals surface area contributed by atoms with Crippen molar-refractivity contribution in [2.45, 2.75) is 45.6 Å². The van der Waals surface area contributed by atoms with E-state index in [0.717, 1.165) is 19.4 Å². The quantitative estimate of drug-likeness (QED) is 0.449. The molecule has 0 radical (unpaired) electrons. The zero-order valence-electron chi connectivity index (χ0n) is 8.85. The van der Waals surface area contributed by atoms with Crippen LogP contribution in [0.15, 0.2) is 0 Å². The summed E-state index contributed by atoms with van der Waals surface area (Å²) in [5.41, 5.74) is 0.314. The Labute approximate surface area is 77.1 Å². The van der Waals surface area contributed by atoms with Crippen molar-refractivity contribution < 1.29 is 0 Å². The highest BCUT2D eigenvalue weighted by atomic mass is 15.2. The lowest BCUT2D eigenvalue weighted by molar-refractivity contribution is 0.150. The van der Waals surface area contributed by atoms with Crippen LogP contribution in [-0.4, -0.2) is 24.0 Å². The highest BCUT2D eigenvalue weighted by Crippen LogP contribution is 2.16. The first-order chi connectivity index (χ1) is 5.54. The first-order valence-electron chi connectivity index (χ1n) is 4.69. The summed E-state index contributed by atoms with van der Waals surface area (Å²) in [5.74, 6) is 2.67. The molecule has 0 amide bonds. The third-order valence-corrected chi connectivity index (χ3v) is 2.71. The lowest BCUT2D eigenvalue weighted by Gasteiger charge is -2.34. The van der Waals surface area contributed by atoms with Crippen molar-refractivity contribution in [3.05, 3.63) is 0 Å². The van der Waals surface area contributed by atoms with E-state index >= 15 is 0 Å². The summed E-state index contributed by atoms with van der Waals surface area (Å²) in [6, 6.07) is 0. The van der Waals surface area contributed by atoms with Crippen LogP contribution in [0.2, 0.25) is 0 Å². The van der Waals surface area contributed by atoms with E-state index in [1.54, 1.807) is 0 Å². The van der Waals surface area contributed by atoms with Gasteiger partial charge in [-0.3, -0.25) is 0 Å². The smallest absolute Gasteiger partial charge is 0.0147 e. The SMILES string of the molecule is C#CCCCN(C)C(C)(C)CC. The molecule has 0 aliphatic carbocycles. The van der Waals surface area contributed by atoms with E-state index in [9.17, 15) is 0 Å². The number of nitrogens with zero attached hydrogens (tertiary/aromatic N) is 1. The van der Waals surface area contributed by atoms with Crippen LogP contribution in [0.25, 0.3) is 0 Å². The summed E-state index contributed by atoms with van der Waals surface area (Å²) in [6.45, 7) is 7.86. The van der Waals surface area contributed by atoms with Gasteiger partial charge in [-0.25, -0.2) is 0 Å². The molecule has 0 N–H and O–H groups in total. The molecule has 70 valence electrons. The molecule has 0 rings (SSSR count). The van der Waals surface area contributed by atoms with Crippen LogP contribution in [0.5, 0.6) is 0 Å². The molecule has 0 atom stereocenters. The third-order valence-electron chi connectivity index (χ3n) is 2.71. The van der Waals surface area contributed by atoms with Crippen molar-refractivity contribution in [1.82, 2.24) is 4.90 Å². The molecule has 0 heterocycles. The summed E-state index contributed by atoms with van der Waals surface area (Å²) >= 11 is 0. The van der Waals surface area contributed by atoms with Crippen molar-refractivity contribution >= 4 is 0 Å². The van der Waals surface area contributed by atoms with Crippen molar-refractivity contribution in [3.63, 3.8) is 0 Å². The molecule has 0 bridgehead atoms. The van der Waals surface area contributed by atoms with Crippen LogP contribution in [-0.2, 0) is 0 Å². The second-order valence-electron chi connectivity index (χ2n) is 3.90. The summed E-state index contributed by atoms with van der Waals surface area (Å²) in [4.78, 5) is 2.38. The molecule has 1 heteroatoms. The van der Waals surface area contributed by atoms with E-state index in [1.165, 1.54) is 6.42 Å². The molecule has 0 saturated carbocycles. The fourth-order valence-corrected chi connectivity index (χ4v) is 0.991. The molecule has 0 aliphatic rings. The minimum atomic E-state index is 0.314. The van der Waals surface area contributed by atoms with Crippen LogP contribution in [0, 0.1) is 12.3 Å². The molecular weight excluding hydrogens is 146 g/mol.